The molecule has 0 aliphatic rings. The number of methoxy groups -OCH3 is 4. The van der Waals surface area contributed by atoms with E-state index in [2.05, 4.69) is 18.9 Å². The Morgan fingerprint density at radius 3 is 0.857 bits per heavy atom. The van der Waals surface area contributed by atoms with Crippen LogP contribution in [-0.2, 0) is 40.7 Å². The topological polar surface area (TPSA) is 118 Å². The van der Waals surface area contributed by atoms with Gasteiger partial charge in [-0.05, 0) is 12.8 Å². The van der Waals surface area contributed by atoms with Gasteiger partial charge in [-0.3, -0.25) is 0 Å². The number of aliphatic hydroxyl groups is 4. The summed E-state index contributed by atoms with van der Waals surface area (Å²) in [7, 11) is 6.10. The van der Waals surface area contributed by atoms with Crippen molar-refractivity contribution in [1.82, 2.24) is 0 Å². The molecule has 0 aromatic heterocycles. The van der Waals surface area contributed by atoms with Crippen molar-refractivity contribution in [3.05, 3.63) is 0 Å². The molecule has 0 radical (unpaired) electrons. The monoisotopic (exact) mass is 352 g/mol. The summed E-state index contributed by atoms with van der Waals surface area (Å²) >= 11 is 0. The van der Waals surface area contributed by atoms with Crippen molar-refractivity contribution in [2.45, 2.75) is 12.8 Å². The Labute approximate surface area is 142 Å². The normalized spacial score (nSPS) is 8.00. The minimum absolute atomic E-state index is 0. The molecule has 0 aromatic carbocycles. The number of rotatable bonds is 8. The van der Waals surface area contributed by atoms with Gasteiger partial charge >= 0.3 is 0 Å². The minimum atomic E-state index is -0.181. The molecule has 0 aromatic rings. The third kappa shape index (κ3) is 97.9. The molecule has 0 saturated heterocycles. The summed E-state index contributed by atoms with van der Waals surface area (Å²) in [5.74, 6) is 0. The first-order valence-electron chi connectivity index (χ1n) is 6.05. The number of hydrogen-bond acceptors (Lipinski definition) is 8. The number of aliphatic hydroxyl groups excluding tert-OH is 4. The summed E-state index contributed by atoms with van der Waals surface area (Å²) in [6.07, 6.45) is 1.49. The van der Waals surface area contributed by atoms with Gasteiger partial charge in [0, 0.05) is 76.6 Å². The van der Waals surface area contributed by atoms with E-state index in [1.165, 1.54) is 14.2 Å². The van der Waals surface area contributed by atoms with Crippen molar-refractivity contribution in [3.8, 4) is 0 Å². The summed E-state index contributed by atoms with van der Waals surface area (Å²) in [5, 5.41) is 31.5. The molecule has 4 N–H and O–H groups in total. The molecular formula is C12H32O8Ti. The Kier molecular flexibility index (Phi) is 78.7. The van der Waals surface area contributed by atoms with E-state index in [0.717, 1.165) is 12.8 Å². The van der Waals surface area contributed by atoms with Crippen molar-refractivity contribution in [3.63, 3.8) is 0 Å². The molecular weight excluding hydrogens is 320 g/mol. The van der Waals surface area contributed by atoms with Gasteiger partial charge in [0.05, 0.1) is 0 Å². The second-order valence-electron chi connectivity index (χ2n) is 2.98. The van der Waals surface area contributed by atoms with Crippen LogP contribution in [0.3, 0.4) is 0 Å². The molecule has 0 amide bonds. The van der Waals surface area contributed by atoms with E-state index in [1.54, 1.807) is 14.2 Å². The van der Waals surface area contributed by atoms with Gasteiger partial charge in [-0.15, -0.1) is 0 Å². The molecule has 0 atom stereocenters. The fraction of sp³-hybridized carbons (Fsp3) is 1.00. The van der Waals surface area contributed by atoms with Crippen LogP contribution in [0.15, 0.2) is 0 Å². The molecule has 0 unspecified atom stereocenters. The second kappa shape index (κ2) is 49.9. The van der Waals surface area contributed by atoms with Gasteiger partial charge in [0.2, 0.25) is 0 Å². The van der Waals surface area contributed by atoms with Gasteiger partial charge in [0.15, 0.2) is 0 Å². The van der Waals surface area contributed by atoms with E-state index in [4.69, 9.17) is 20.4 Å². The Hall–Kier alpha value is 0.394. The van der Waals surface area contributed by atoms with Gasteiger partial charge < -0.3 is 39.4 Å². The van der Waals surface area contributed by atoms with Crippen molar-refractivity contribution >= 4 is 0 Å². The first-order chi connectivity index (χ1) is 9.66. The third-order valence-corrected chi connectivity index (χ3v) is 1.27. The first kappa shape index (κ1) is 33.1. The van der Waals surface area contributed by atoms with Crippen molar-refractivity contribution in [1.29, 1.82) is 0 Å². The van der Waals surface area contributed by atoms with Gasteiger partial charge in [-0.2, -0.15) is 0 Å². The maximum Gasteiger partial charge on any atom is 0.143 e. The molecule has 21 heavy (non-hydrogen) atoms. The molecule has 0 bridgehead atoms. The molecule has 8 nitrogen and oxygen atoms in total. The zero-order chi connectivity index (χ0) is 16.5. The molecule has 0 heterocycles. The summed E-state index contributed by atoms with van der Waals surface area (Å²) in [5.41, 5.74) is 0. The second-order valence-corrected chi connectivity index (χ2v) is 2.98. The van der Waals surface area contributed by atoms with Gasteiger partial charge in [-0.1, -0.05) is 0 Å². The third-order valence-electron chi connectivity index (χ3n) is 1.27. The minimum Gasteiger partial charge on any atom is -0.396 e. The van der Waals surface area contributed by atoms with Crippen LogP contribution in [0, 0.1) is 0 Å². The maximum absolute atomic E-state index is 8.12. The van der Waals surface area contributed by atoms with E-state index < -0.39 is 0 Å². The molecule has 0 spiro atoms. The Bertz CT molecular complexity index is 87.3. The molecule has 0 aliphatic carbocycles. The molecule has 0 rings (SSSR count). The zero-order valence-electron chi connectivity index (χ0n) is 13.6. The predicted octanol–water partition coefficient (Wildman–Crippen LogP) is -0.807. The van der Waals surface area contributed by atoms with Gasteiger partial charge in [0.25, 0.3) is 0 Å². The van der Waals surface area contributed by atoms with E-state index in [0.29, 0.717) is 13.2 Å². The van der Waals surface area contributed by atoms with Crippen LogP contribution < -0.4 is 0 Å². The van der Waals surface area contributed by atoms with Crippen LogP contribution in [0.4, 0.5) is 0 Å². The Morgan fingerprint density at radius 2 is 0.810 bits per heavy atom. The number of hydrogen-bond donors (Lipinski definition) is 4. The summed E-state index contributed by atoms with van der Waals surface area (Å²) < 4.78 is 17.4. The summed E-state index contributed by atoms with van der Waals surface area (Å²) in [4.78, 5) is 0. The fourth-order valence-electron chi connectivity index (χ4n) is 0.418. The average Bonchev–Trinajstić information content (AvgIpc) is 2.51. The van der Waals surface area contributed by atoms with E-state index in [-0.39, 0.29) is 48.5 Å². The fourth-order valence-corrected chi connectivity index (χ4v) is 0.418. The largest absolute Gasteiger partial charge is 0.396 e. The van der Waals surface area contributed by atoms with Gasteiger partial charge in [-0.25, -0.2) is 0 Å². The van der Waals surface area contributed by atoms with Crippen LogP contribution in [0.2, 0.25) is 0 Å². The standard InChI is InChI=1S/2C4H10O2.2C2H6O2.Ti/c2*1-6-4-2-3-5;2*1-4-2-3;/h2*5H,2-4H2,1H3;2*3H,2H2,1H3;. The van der Waals surface area contributed by atoms with E-state index in [9.17, 15) is 0 Å². The van der Waals surface area contributed by atoms with Crippen molar-refractivity contribution in [2.24, 2.45) is 0 Å². The van der Waals surface area contributed by atoms with Crippen LogP contribution in [-0.4, -0.2) is 88.9 Å². The Morgan fingerprint density at radius 1 is 0.571 bits per heavy atom. The summed E-state index contributed by atoms with van der Waals surface area (Å²) in [6, 6.07) is 0. The zero-order valence-corrected chi connectivity index (χ0v) is 15.1. The van der Waals surface area contributed by atoms with Crippen LogP contribution in [0.5, 0.6) is 0 Å². The maximum atomic E-state index is 8.12. The molecule has 9 heteroatoms. The van der Waals surface area contributed by atoms with Crippen LogP contribution in [0.25, 0.3) is 0 Å². The van der Waals surface area contributed by atoms with Crippen LogP contribution >= 0.6 is 0 Å². The molecule has 0 saturated carbocycles. The molecule has 0 aliphatic heterocycles. The molecule has 132 valence electrons. The molecule has 0 fully saturated rings. The quantitative estimate of drug-likeness (QED) is 0.255. The first-order valence-corrected chi connectivity index (χ1v) is 6.05. The Balaban J connectivity index is -0.0000000544. The SMILES string of the molecule is COCCCO.COCCCO.COCO.COCO.[Ti]. The average molecular weight is 352 g/mol. The van der Waals surface area contributed by atoms with Crippen molar-refractivity contribution in [2.75, 3.05) is 68.5 Å². The predicted molar refractivity (Wildman–Crippen MR) is 75.3 cm³/mol. The number of ether oxygens (including phenoxy) is 4. The van der Waals surface area contributed by atoms with Gasteiger partial charge in [0.1, 0.15) is 13.6 Å². The van der Waals surface area contributed by atoms with Crippen LogP contribution in [0.1, 0.15) is 12.8 Å². The van der Waals surface area contributed by atoms with Crippen molar-refractivity contribution < 1.29 is 61.1 Å². The van der Waals surface area contributed by atoms with E-state index >= 15 is 0 Å². The summed E-state index contributed by atoms with van der Waals surface area (Å²) in [6.45, 7) is 1.43. The van der Waals surface area contributed by atoms with E-state index in [1.807, 2.05) is 0 Å². The smallest absolute Gasteiger partial charge is 0.143 e.